The summed E-state index contributed by atoms with van der Waals surface area (Å²) in [4.78, 5) is 20.5. The maximum Gasteiger partial charge on any atom is 0.224 e. The third-order valence-electron chi connectivity index (χ3n) is 6.31. The predicted molar refractivity (Wildman–Crippen MR) is 139 cm³/mol. The van der Waals surface area contributed by atoms with Gasteiger partial charge in [-0.25, -0.2) is 13.8 Å². The van der Waals surface area contributed by atoms with Crippen LogP contribution in [0.5, 0.6) is 0 Å². The topological polar surface area (TPSA) is 126 Å². The van der Waals surface area contributed by atoms with E-state index in [9.17, 15) is 13.6 Å². The summed E-state index contributed by atoms with van der Waals surface area (Å²) in [6.45, 7) is 1.34. The highest BCUT2D eigenvalue weighted by Gasteiger charge is 2.26. The summed E-state index contributed by atoms with van der Waals surface area (Å²) in [6.07, 6.45) is 6.08. The lowest BCUT2D eigenvalue weighted by molar-refractivity contribution is -0.122. The molecule has 0 spiro atoms. The first-order valence-corrected chi connectivity index (χ1v) is 12.6. The molecule has 1 aliphatic carbocycles. The Morgan fingerprint density at radius 3 is 2.31 bits per heavy atom. The normalized spacial score (nSPS) is 20.4. The van der Waals surface area contributed by atoms with E-state index in [0.29, 0.717) is 43.5 Å². The van der Waals surface area contributed by atoms with E-state index in [-0.39, 0.29) is 34.0 Å². The largest absolute Gasteiger partial charge is 0.381 e. The van der Waals surface area contributed by atoms with Gasteiger partial charge in [0.2, 0.25) is 11.9 Å². The Bertz CT molecular complexity index is 1090. The summed E-state index contributed by atoms with van der Waals surface area (Å²) in [5.74, 6) is -1.24. The summed E-state index contributed by atoms with van der Waals surface area (Å²) in [5, 5.41) is 12.1. The number of hydrogen-bond acceptors (Lipinski definition) is 7. The van der Waals surface area contributed by atoms with Crippen LogP contribution in [0, 0.1) is 17.6 Å². The van der Waals surface area contributed by atoms with E-state index in [1.54, 1.807) is 6.20 Å². The number of nitrogens with two attached hydrogens (primary N) is 1. The van der Waals surface area contributed by atoms with Gasteiger partial charge in [-0.3, -0.25) is 4.79 Å². The first kappa shape index (κ1) is 26.2. The van der Waals surface area contributed by atoms with Gasteiger partial charge in [-0.15, -0.1) is 0 Å². The first-order chi connectivity index (χ1) is 17.3. The number of thiocarbonyl (C=S) groups is 1. The molecule has 1 aliphatic heterocycles. The molecule has 0 unspecified atom stereocenters. The van der Waals surface area contributed by atoms with Crippen LogP contribution in [-0.4, -0.2) is 46.3 Å². The van der Waals surface area contributed by atoms with Gasteiger partial charge in [0.05, 0.1) is 6.20 Å². The number of halogens is 3. The number of primary amides is 1. The van der Waals surface area contributed by atoms with Crippen LogP contribution in [0.15, 0.2) is 18.3 Å². The van der Waals surface area contributed by atoms with Crippen molar-refractivity contribution in [1.82, 2.24) is 9.97 Å². The van der Waals surface area contributed by atoms with Gasteiger partial charge in [0.25, 0.3) is 0 Å². The Morgan fingerprint density at radius 2 is 1.67 bits per heavy atom. The Kier molecular flexibility index (Phi) is 8.70. The minimum atomic E-state index is -0.874. The Balaban J connectivity index is 1.50. The molecule has 0 atom stereocenters. The molecule has 0 radical (unpaired) electrons. The van der Waals surface area contributed by atoms with Crippen LogP contribution in [0.2, 0.25) is 5.02 Å². The molecule has 36 heavy (non-hydrogen) atoms. The van der Waals surface area contributed by atoms with Crippen LogP contribution in [0.4, 0.5) is 31.9 Å². The fourth-order valence-corrected chi connectivity index (χ4v) is 4.73. The fraction of sp³-hybridized carbons (Fsp3) is 0.478. The standard InChI is InChI=1S/C23H28ClF2N7O2S/c24-13-9-16(25)19(17(26)10-13)32-23(36)31-18-11-28-22(30-15-5-7-35-8-6-15)33-21(18)29-14-3-1-12(2-4-14)20(27)34/h9-12,14-15H,1-8H2,(H2,27,34)(H2,31,32,36)(H2,28,29,30,33)/t12-,14-. The average molecular weight is 540 g/mol. The second kappa shape index (κ2) is 11.9. The quantitative estimate of drug-likeness (QED) is 0.328. The Hall–Kier alpha value is -2.83. The Morgan fingerprint density at radius 1 is 1.03 bits per heavy atom. The van der Waals surface area contributed by atoms with Gasteiger partial charge in [-0.1, -0.05) is 11.6 Å². The third-order valence-corrected chi connectivity index (χ3v) is 6.73. The number of aromatic nitrogens is 2. The molecule has 4 rings (SSSR count). The van der Waals surface area contributed by atoms with Gasteiger partial charge in [0.15, 0.2) is 22.6 Å². The highest BCUT2D eigenvalue weighted by Crippen LogP contribution is 2.30. The summed E-state index contributed by atoms with van der Waals surface area (Å²) < 4.78 is 33.8. The van der Waals surface area contributed by atoms with Crippen LogP contribution in [0.3, 0.4) is 0 Å². The number of carbonyl (C=O) groups is 1. The predicted octanol–water partition coefficient (Wildman–Crippen LogP) is 4.26. The molecule has 1 saturated carbocycles. The molecule has 13 heteroatoms. The lowest BCUT2D eigenvalue weighted by Gasteiger charge is -2.29. The number of ether oxygens (including phenoxy) is 1. The Labute approximate surface area is 217 Å². The van der Waals surface area contributed by atoms with Crippen molar-refractivity contribution < 1.29 is 18.3 Å². The second-order valence-corrected chi connectivity index (χ2v) is 9.75. The zero-order chi connectivity index (χ0) is 25.7. The molecule has 1 saturated heterocycles. The zero-order valence-electron chi connectivity index (χ0n) is 19.5. The van der Waals surface area contributed by atoms with E-state index in [4.69, 9.17) is 34.3 Å². The van der Waals surface area contributed by atoms with Crippen molar-refractivity contribution >= 4 is 58.0 Å². The van der Waals surface area contributed by atoms with Crippen molar-refractivity contribution in [1.29, 1.82) is 0 Å². The van der Waals surface area contributed by atoms with E-state index in [2.05, 4.69) is 31.2 Å². The van der Waals surface area contributed by atoms with Crippen molar-refractivity contribution in [3.63, 3.8) is 0 Å². The molecule has 194 valence electrons. The van der Waals surface area contributed by atoms with E-state index in [0.717, 1.165) is 37.8 Å². The van der Waals surface area contributed by atoms with Crippen molar-refractivity contribution in [2.24, 2.45) is 11.7 Å². The van der Waals surface area contributed by atoms with Gasteiger partial charge in [0.1, 0.15) is 11.4 Å². The summed E-state index contributed by atoms with van der Waals surface area (Å²) in [5.41, 5.74) is 5.46. The maximum atomic E-state index is 14.2. The number of amides is 1. The second-order valence-electron chi connectivity index (χ2n) is 8.91. The zero-order valence-corrected chi connectivity index (χ0v) is 21.0. The maximum absolute atomic E-state index is 14.2. The minimum Gasteiger partial charge on any atom is -0.381 e. The first-order valence-electron chi connectivity index (χ1n) is 11.8. The number of hydrogen-bond donors (Lipinski definition) is 5. The lowest BCUT2D eigenvalue weighted by atomic mass is 9.85. The molecule has 1 aromatic heterocycles. The third kappa shape index (κ3) is 6.89. The number of carbonyl (C=O) groups excluding carboxylic acids is 1. The molecule has 2 aliphatic rings. The van der Waals surface area contributed by atoms with E-state index in [1.165, 1.54) is 0 Å². The van der Waals surface area contributed by atoms with Gasteiger partial charge in [-0.05, 0) is 62.9 Å². The van der Waals surface area contributed by atoms with E-state index in [1.807, 2.05) is 0 Å². The highest BCUT2D eigenvalue weighted by molar-refractivity contribution is 7.80. The van der Waals surface area contributed by atoms with Crippen molar-refractivity contribution in [3.8, 4) is 0 Å². The van der Waals surface area contributed by atoms with Crippen LogP contribution in [-0.2, 0) is 9.53 Å². The number of benzene rings is 1. The van der Waals surface area contributed by atoms with Crippen molar-refractivity contribution in [2.45, 2.75) is 50.6 Å². The number of nitrogens with one attached hydrogen (secondary N) is 4. The molecule has 9 nitrogen and oxygen atoms in total. The minimum absolute atomic E-state index is 0.0515. The lowest BCUT2D eigenvalue weighted by Crippen LogP contribution is -2.33. The SMILES string of the molecule is NC(=O)[C@H]1CC[C@H](Nc2nc(NC3CCOCC3)ncc2NC(=S)Nc2c(F)cc(Cl)cc2F)CC1. The average Bonchev–Trinajstić information content (AvgIpc) is 2.84. The highest BCUT2D eigenvalue weighted by atomic mass is 35.5. The van der Waals surface area contributed by atoms with Gasteiger partial charge < -0.3 is 31.7 Å². The molecule has 2 fully saturated rings. The van der Waals surface area contributed by atoms with E-state index < -0.39 is 17.3 Å². The van der Waals surface area contributed by atoms with Crippen LogP contribution >= 0.6 is 23.8 Å². The summed E-state index contributed by atoms with van der Waals surface area (Å²) in [7, 11) is 0. The van der Waals surface area contributed by atoms with Gasteiger partial charge in [-0.2, -0.15) is 4.98 Å². The molecule has 6 N–H and O–H groups in total. The number of rotatable bonds is 7. The molecule has 1 aromatic carbocycles. The molecular weight excluding hydrogens is 512 g/mol. The van der Waals surface area contributed by atoms with E-state index >= 15 is 0 Å². The molecule has 2 aromatic rings. The van der Waals surface area contributed by atoms with Crippen LogP contribution < -0.4 is 27.0 Å². The van der Waals surface area contributed by atoms with Crippen LogP contribution in [0.1, 0.15) is 38.5 Å². The number of anilines is 4. The van der Waals surface area contributed by atoms with Gasteiger partial charge >= 0.3 is 0 Å². The van der Waals surface area contributed by atoms with Crippen molar-refractivity contribution in [3.05, 3.63) is 35.0 Å². The van der Waals surface area contributed by atoms with Crippen molar-refractivity contribution in [2.75, 3.05) is 34.5 Å². The van der Waals surface area contributed by atoms with Gasteiger partial charge in [0, 0.05) is 36.2 Å². The fourth-order valence-electron chi connectivity index (χ4n) is 4.32. The molecule has 0 bridgehead atoms. The molecular formula is C23H28ClF2N7O2S. The number of nitrogens with zero attached hydrogens (tertiary/aromatic N) is 2. The monoisotopic (exact) mass is 539 g/mol. The molecule has 2 heterocycles. The van der Waals surface area contributed by atoms with Crippen LogP contribution in [0.25, 0.3) is 0 Å². The summed E-state index contributed by atoms with van der Waals surface area (Å²) >= 11 is 11.0. The molecule has 1 amide bonds. The smallest absolute Gasteiger partial charge is 0.224 e. The summed E-state index contributed by atoms with van der Waals surface area (Å²) in [6, 6.07) is 2.23.